The van der Waals surface area contributed by atoms with Crippen molar-refractivity contribution in [2.24, 2.45) is 0 Å². The number of halogens is 1. The van der Waals surface area contributed by atoms with Gasteiger partial charge < -0.3 is 4.74 Å². The number of rotatable bonds is 5. The Morgan fingerprint density at radius 2 is 2.18 bits per heavy atom. The van der Waals surface area contributed by atoms with Crippen LogP contribution in [0.5, 0.6) is 5.75 Å². The van der Waals surface area contributed by atoms with Crippen LogP contribution in [0.25, 0.3) is 5.03 Å². The topological polar surface area (TPSA) is 33.0 Å². The molecule has 0 amide bonds. The fraction of sp³-hybridized carbons (Fsp3) is 0.357. The maximum absolute atomic E-state index is 8.94. The molecule has 0 saturated heterocycles. The first-order valence-electron chi connectivity index (χ1n) is 5.74. The van der Waals surface area contributed by atoms with E-state index in [9.17, 15) is 0 Å². The van der Waals surface area contributed by atoms with Gasteiger partial charge >= 0.3 is 0 Å². The van der Waals surface area contributed by atoms with Gasteiger partial charge in [0, 0.05) is 5.57 Å². The third-order valence-corrected chi connectivity index (χ3v) is 2.76. The number of ether oxygens (including phenoxy) is 1. The number of hydrogen-bond acceptors (Lipinski definition) is 2. The van der Waals surface area contributed by atoms with E-state index in [2.05, 4.69) is 13.0 Å². The molecule has 0 fully saturated rings. The number of hydrogen-bond donors (Lipinski definition) is 0. The molecule has 1 rings (SSSR count). The molecule has 0 unspecified atom stereocenters. The lowest BCUT2D eigenvalue weighted by atomic mass is 10.1. The molecular weight excluding hydrogens is 234 g/mol. The summed E-state index contributed by atoms with van der Waals surface area (Å²) in [4.78, 5) is 0. The van der Waals surface area contributed by atoms with E-state index in [-0.39, 0.29) is 0 Å². The third kappa shape index (κ3) is 3.80. The maximum Gasteiger partial charge on any atom is 0.119 e. The standard InChI is InChI=1S/C14H16ClNO/c1-3-8-17-13-7-5-6-12(9-13)14(15)11(4-2)10-16/h5-7,9H,3-4,8H2,1-2H3. The van der Waals surface area contributed by atoms with E-state index in [4.69, 9.17) is 21.6 Å². The summed E-state index contributed by atoms with van der Waals surface area (Å²) in [6.45, 7) is 4.66. The molecule has 0 aliphatic rings. The van der Waals surface area contributed by atoms with Gasteiger partial charge in [-0.2, -0.15) is 5.26 Å². The predicted octanol–water partition coefficient (Wildman–Crippen LogP) is 4.36. The summed E-state index contributed by atoms with van der Waals surface area (Å²) in [6.07, 6.45) is 1.60. The average Bonchev–Trinajstić information content (AvgIpc) is 2.38. The summed E-state index contributed by atoms with van der Waals surface area (Å²) >= 11 is 6.18. The lowest BCUT2D eigenvalue weighted by Gasteiger charge is -2.07. The second-order valence-electron chi connectivity index (χ2n) is 3.63. The number of benzene rings is 1. The molecule has 3 heteroatoms. The van der Waals surface area contributed by atoms with Crippen LogP contribution in [-0.2, 0) is 0 Å². The molecule has 0 bridgehead atoms. The van der Waals surface area contributed by atoms with Gasteiger partial charge in [0.15, 0.2) is 0 Å². The number of allylic oxidation sites excluding steroid dienone is 1. The highest BCUT2D eigenvalue weighted by molar-refractivity contribution is 6.49. The van der Waals surface area contributed by atoms with Gasteiger partial charge in [-0.3, -0.25) is 0 Å². The van der Waals surface area contributed by atoms with Gasteiger partial charge in [-0.15, -0.1) is 0 Å². The van der Waals surface area contributed by atoms with E-state index in [0.29, 0.717) is 23.6 Å². The molecule has 0 heterocycles. The Morgan fingerprint density at radius 3 is 2.76 bits per heavy atom. The number of nitrogens with zero attached hydrogens (tertiary/aromatic N) is 1. The van der Waals surface area contributed by atoms with Crippen molar-refractivity contribution in [3.63, 3.8) is 0 Å². The largest absolute Gasteiger partial charge is 0.494 e. The minimum atomic E-state index is 0.511. The third-order valence-electron chi connectivity index (χ3n) is 2.31. The Hall–Kier alpha value is -1.46. The SMILES string of the molecule is CCCOc1cccc(C(Cl)=C(C#N)CC)c1. The number of nitriles is 1. The normalized spacial score (nSPS) is 11.6. The molecule has 0 aromatic heterocycles. The molecule has 0 aliphatic carbocycles. The van der Waals surface area contributed by atoms with Crippen LogP contribution in [0, 0.1) is 11.3 Å². The zero-order chi connectivity index (χ0) is 12.7. The minimum Gasteiger partial charge on any atom is -0.494 e. The maximum atomic E-state index is 8.94. The molecule has 2 nitrogen and oxygen atoms in total. The molecule has 1 aromatic rings. The molecule has 0 spiro atoms. The zero-order valence-corrected chi connectivity index (χ0v) is 10.9. The van der Waals surface area contributed by atoms with E-state index in [1.165, 1.54) is 0 Å². The van der Waals surface area contributed by atoms with Crippen LogP contribution in [-0.4, -0.2) is 6.61 Å². The van der Waals surface area contributed by atoms with Gasteiger partial charge in [-0.25, -0.2) is 0 Å². The Kier molecular flexibility index (Phi) is 5.59. The minimum absolute atomic E-state index is 0.511. The van der Waals surface area contributed by atoms with E-state index >= 15 is 0 Å². The molecule has 0 atom stereocenters. The lowest BCUT2D eigenvalue weighted by molar-refractivity contribution is 0.317. The van der Waals surface area contributed by atoms with E-state index < -0.39 is 0 Å². The summed E-state index contributed by atoms with van der Waals surface area (Å²) in [5, 5.41) is 9.46. The van der Waals surface area contributed by atoms with E-state index in [0.717, 1.165) is 17.7 Å². The van der Waals surface area contributed by atoms with Crippen molar-refractivity contribution in [1.82, 2.24) is 0 Å². The Balaban J connectivity index is 2.99. The quantitative estimate of drug-likeness (QED) is 0.727. The predicted molar refractivity (Wildman–Crippen MR) is 70.9 cm³/mol. The zero-order valence-electron chi connectivity index (χ0n) is 10.2. The molecule has 1 aromatic carbocycles. The summed E-state index contributed by atoms with van der Waals surface area (Å²) in [5.74, 6) is 0.788. The molecule has 0 saturated carbocycles. The van der Waals surface area contributed by atoms with Gasteiger partial charge in [0.1, 0.15) is 5.75 Å². The van der Waals surface area contributed by atoms with Gasteiger partial charge in [0.2, 0.25) is 0 Å². The highest BCUT2D eigenvalue weighted by Gasteiger charge is 2.06. The monoisotopic (exact) mass is 249 g/mol. The van der Waals surface area contributed by atoms with Crippen molar-refractivity contribution >= 4 is 16.6 Å². The smallest absolute Gasteiger partial charge is 0.119 e. The lowest BCUT2D eigenvalue weighted by Crippen LogP contribution is -1.95. The van der Waals surface area contributed by atoms with Crippen molar-refractivity contribution in [2.45, 2.75) is 26.7 Å². The first-order chi connectivity index (χ1) is 8.22. The Labute approximate surface area is 107 Å². The van der Waals surface area contributed by atoms with Gasteiger partial charge in [-0.05, 0) is 30.5 Å². The summed E-state index contributed by atoms with van der Waals surface area (Å²) in [6, 6.07) is 9.64. The second kappa shape index (κ2) is 6.98. The average molecular weight is 250 g/mol. The molecule has 0 radical (unpaired) electrons. The molecule has 0 N–H and O–H groups in total. The van der Waals surface area contributed by atoms with Crippen LogP contribution in [0.3, 0.4) is 0 Å². The van der Waals surface area contributed by atoms with Crippen molar-refractivity contribution in [2.75, 3.05) is 6.61 Å². The first kappa shape index (κ1) is 13.6. The van der Waals surface area contributed by atoms with Crippen LogP contribution in [0.15, 0.2) is 29.8 Å². The van der Waals surface area contributed by atoms with E-state index in [1.54, 1.807) is 0 Å². The highest BCUT2D eigenvalue weighted by Crippen LogP contribution is 2.27. The summed E-state index contributed by atoms with van der Waals surface area (Å²) in [5.41, 5.74) is 1.43. The van der Waals surface area contributed by atoms with Crippen molar-refractivity contribution < 1.29 is 4.74 Å². The fourth-order valence-corrected chi connectivity index (χ4v) is 1.69. The Morgan fingerprint density at radius 1 is 1.41 bits per heavy atom. The van der Waals surface area contributed by atoms with Crippen LogP contribution in [0.1, 0.15) is 32.3 Å². The Bertz CT molecular complexity index is 446. The van der Waals surface area contributed by atoms with Gasteiger partial charge in [0.25, 0.3) is 0 Å². The summed E-state index contributed by atoms with van der Waals surface area (Å²) in [7, 11) is 0. The van der Waals surface area contributed by atoms with Gasteiger partial charge in [0.05, 0.1) is 17.7 Å². The second-order valence-corrected chi connectivity index (χ2v) is 4.01. The van der Waals surface area contributed by atoms with Crippen LogP contribution >= 0.6 is 11.6 Å². The van der Waals surface area contributed by atoms with Crippen LogP contribution in [0.4, 0.5) is 0 Å². The first-order valence-corrected chi connectivity index (χ1v) is 6.12. The molecule has 17 heavy (non-hydrogen) atoms. The molecule has 0 aliphatic heterocycles. The van der Waals surface area contributed by atoms with Crippen molar-refractivity contribution in [1.29, 1.82) is 5.26 Å². The van der Waals surface area contributed by atoms with E-state index in [1.807, 2.05) is 31.2 Å². The van der Waals surface area contributed by atoms with Crippen molar-refractivity contribution in [3.05, 3.63) is 35.4 Å². The summed E-state index contributed by atoms with van der Waals surface area (Å²) < 4.78 is 5.53. The van der Waals surface area contributed by atoms with Crippen LogP contribution in [0.2, 0.25) is 0 Å². The van der Waals surface area contributed by atoms with Crippen molar-refractivity contribution in [3.8, 4) is 11.8 Å². The van der Waals surface area contributed by atoms with Crippen LogP contribution < -0.4 is 4.74 Å². The van der Waals surface area contributed by atoms with Gasteiger partial charge in [-0.1, -0.05) is 37.6 Å². The molecular formula is C14H16ClNO. The molecule has 90 valence electrons. The fourth-order valence-electron chi connectivity index (χ4n) is 1.40. The highest BCUT2D eigenvalue weighted by atomic mass is 35.5.